The second-order valence-corrected chi connectivity index (χ2v) is 4.60. The van der Waals surface area contributed by atoms with Gasteiger partial charge in [-0.2, -0.15) is 0 Å². The van der Waals surface area contributed by atoms with Crippen LogP contribution in [0.1, 0.15) is 5.56 Å². The van der Waals surface area contributed by atoms with E-state index in [9.17, 15) is 0 Å². The molecule has 0 bridgehead atoms. The van der Waals surface area contributed by atoms with Crippen LogP contribution in [0.25, 0.3) is 0 Å². The van der Waals surface area contributed by atoms with Crippen LogP contribution in [0.4, 0.5) is 0 Å². The van der Waals surface area contributed by atoms with Crippen LogP contribution < -0.4 is 9.47 Å². The number of rotatable bonds is 8. The molecule has 4 nitrogen and oxygen atoms in total. The average Bonchev–Trinajstić information content (AvgIpc) is 2.55. The van der Waals surface area contributed by atoms with Gasteiger partial charge in [-0.3, -0.25) is 0 Å². The zero-order valence-electron chi connectivity index (χ0n) is 12.1. The molecule has 0 fully saturated rings. The number of aliphatic hydroxyl groups excluding tert-OH is 1. The summed E-state index contributed by atoms with van der Waals surface area (Å²) >= 11 is 0. The molecular weight excluding hydrogens is 268 g/mol. The fourth-order valence-corrected chi connectivity index (χ4v) is 1.78. The highest BCUT2D eigenvalue weighted by Crippen LogP contribution is 2.20. The molecule has 21 heavy (non-hydrogen) atoms. The summed E-state index contributed by atoms with van der Waals surface area (Å²) in [6, 6.07) is 17.4. The summed E-state index contributed by atoms with van der Waals surface area (Å²) in [5.41, 5.74) is 1.11. The largest absolute Gasteiger partial charge is 0.491 e. The van der Waals surface area contributed by atoms with Crippen LogP contribution in [-0.2, 0) is 11.3 Å². The van der Waals surface area contributed by atoms with Gasteiger partial charge in [0.05, 0.1) is 6.61 Å². The van der Waals surface area contributed by atoms with E-state index in [1.807, 2.05) is 54.6 Å². The van der Waals surface area contributed by atoms with Crippen LogP contribution in [-0.4, -0.2) is 31.5 Å². The van der Waals surface area contributed by atoms with E-state index in [1.54, 1.807) is 7.11 Å². The predicted octanol–water partition coefficient (Wildman–Crippen LogP) is 2.65. The van der Waals surface area contributed by atoms with Gasteiger partial charge < -0.3 is 19.3 Å². The van der Waals surface area contributed by atoms with Gasteiger partial charge in [0, 0.05) is 13.2 Å². The van der Waals surface area contributed by atoms with Gasteiger partial charge in [0.15, 0.2) is 0 Å². The first-order valence-electron chi connectivity index (χ1n) is 6.85. The topological polar surface area (TPSA) is 47.9 Å². The molecule has 2 aromatic rings. The third kappa shape index (κ3) is 5.10. The quantitative estimate of drug-likeness (QED) is 0.811. The standard InChI is InChI=1S/C17H20O4/c1-19-17(11-18)13-21-16-9-5-8-15(10-16)20-12-14-6-3-2-4-7-14/h2-10,17-18H,11-13H2,1H3/t17-/m0/s1. The molecule has 112 valence electrons. The van der Waals surface area contributed by atoms with Crippen LogP contribution in [0, 0.1) is 0 Å². The third-order valence-electron chi connectivity index (χ3n) is 3.03. The van der Waals surface area contributed by atoms with E-state index in [0.29, 0.717) is 19.0 Å². The highest BCUT2D eigenvalue weighted by atomic mass is 16.5. The minimum absolute atomic E-state index is 0.0688. The number of ether oxygens (including phenoxy) is 3. The second kappa shape index (κ2) is 8.29. The first kappa shape index (κ1) is 15.4. The Bertz CT molecular complexity index is 523. The van der Waals surface area contributed by atoms with Crippen molar-refractivity contribution in [2.75, 3.05) is 20.3 Å². The normalized spacial score (nSPS) is 11.9. The Kier molecular flexibility index (Phi) is 6.06. The average molecular weight is 288 g/mol. The molecule has 0 heterocycles. The Labute approximate surface area is 124 Å². The highest BCUT2D eigenvalue weighted by Gasteiger charge is 2.06. The molecule has 0 aliphatic carbocycles. The van der Waals surface area contributed by atoms with Crippen molar-refractivity contribution in [3.8, 4) is 11.5 Å². The van der Waals surface area contributed by atoms with Gasteiger partial charge >= 0.3 is 0 Å². The Balaban J connectivity index is 1.88. The van der Waals surface area contributed by atoms with Crippen LogP contribution >= 0.6 is 0 Å². The number of methoxy groups -OCH3 is 1. The SMILES string of the molecule is CO[C@@H](CO)COc1cccc(OCc2ccccc2)c1. The van der Waals surface area contributed by atoms with Crippen LogP contribution in [0.15, 0.2) is 54.6 Å². The maximum Gasteiger partial charge on any atom is 0.123 e. The predicted molar refractivity (Wildman–Crippen MR) is 80.6 cm³/mol. The zero-order valence-corrected chi connectivity index (χ0v) is 12.1. The van der Waals surface area contributed by atoms with Crippen molar-refractivity contribution in [3.05, 3.63) is 60.2 Å². The van der Waals surface area contributed by atoms with Crippen molar-refractivity contribution in [1.82, 2.24) is 0 Å². The molecule has 2 rings (SSSR count). The first-order valence-corrected chi connectivity index (χ1v) is 6.85. The summed E-state index contributed by atoms with van der Waals surface area (Å²) in [7, 11) is 1.55. The molecule has 0 saturated carbocycles. The number of aliphatic hydroxyl groups is 1. The Hall–Kier alpha value is -2.04. The van der Waals surface area contributed by atoms with Crippen molar-refractivity contribution < 1.29 is 19.3 Å². The molecule has 0 aliphatic heterocycles. The minimum atomic E-state index is -0.320. The molecule has 0 radical (unpaired) electrons. The molecule has 1 N–H and O–H groups in total. The molecular formula is C17H20O4. The molecule has 0 spiro atoms. The molecule has 0 amide bonds. The molecule has 0 aromatic heterocycles. The smallest absolute Gasteiger partial charge is 0.123 e. The summed E-state index contributed by atoms with van der Waals surface area (Å²) in [6.07, 6.45) is -0.320. The molecule has 1 atom stereocenters. The number of benzene rings is 2. The maximum absolute atomic E-state index is 9.04. The zero-order chi connectivity index (χ0) is 14.9. The van der Waals surface area contributed by atoms with Gasteiger partial charge in [0.1, 0.15) is 30.8 Å². The van der Waals surface area contributed by atoms with Crippen molar-refractivity contribution in [1.29, 1.82) is 0 Å². The number of hydrogen-bond acceptors (Lipinski definition) is 4. The van der Waals surface area contributed by atoms with E-state index in [0.717, 1.165) is 11.3 Å². The van der Waals surface area contributed by atoms with Gasteiger partial charge in [-0.15, -0.1) is 0 Å². The molecule has 0 aliphatic rings. The van der Waals surface area contributed by atoms with Gasteiger partial charge in [-0.25, -0.2) is 0 Å². The Morgan fingerprint density at radius 3 is 2.33 bits per heavy atom. The summed E-state index contributed by atoms with van der Waals surface area (Å²) in [4.78, 5) is 0. The lowest BCUT2D eigenvalue weighted by molar-refractivity contribution is 0.0163. The van der Waals surface area contributed by atoms with E-state index in [4.69, 9.17) is 19.3 Å². The van der Waals surface area contributed by atoms with Gasteiger partial charge in [-0.05, 0) is 17.7 Å². The van der Waals surface area contributed by atoms with Crippen LogP contribution in [0.2, 0.25) is 0 Å². The van der Waals surface area contributed by atoms with E-state index >= 15 is 0 Å². The fraction of sp³-hybridized carbons (Fsp3) is 0.294. The lowest BCUT2D eigenvalue weighted by atomic mass is 10.2. The van der Waals surface area contributed by atoms with E-state index in [-0.39, 0.29) is 12.7 Å². The number of hydrogen-bond donors (Lipinski definition) is 1. The lowest BCUT2D eigenvalue weighted by Crippen LogP contribution is -2.24. The molecule has 2 aromatic carbocycles. The summed E-state index contributed by atoms with van der Waals surface area (Å²) in [5.74, 6) is 1.44. The second-order valence-electron chi connectivity index (χ2n) is 4.60. The summed E-state index contributed by atoms with van der Waals surface area (Å²) in [6.45, 7) is 0.747. The van der Waals surface area contributed by atoms with Crippen molar-refractivity contribution in [3.63, 3.8) is 0 Å². The third-order valence-corrected chi connectivity index (χ3v) is 3.03. The molecule has 4 heteroatoms. The van der Waals surface area contributed by atoms with E-state index < -0.39 is 0 Å². The maximum atomic E-state index is 9.04. The van der Waals surface area contributed by atoms with E-state index in [2.05, 4.69) is 0 Å². The Morgan fingerprint density at radius 1 is 0.952 bits per heavy atom. The first-order chi connectivity index (χ1) is 10.3. The lowest BCUT2D eigenvalue weighted by Gasteiger charge is -2.14. The summed E-state index contributed by atoms with van der Waals surface area (Å²) < 4.78 is 16.4. The highest BCUT2D eigenvalue weighted by molar-refractivity contribution is 5.33. The molecule has 0 saturated heterocycles. The van der Waals surface area contributed by atoms with Crippen molar-refractivity contribution in [2.45, 2.75) is 12.7 Å². The van der Waals surface area contributed by atoms with Crippen LogP contribution in [0.3, 0.4) is 0 Å². The van der Waals surface area contributed by atoms with E-state index in [1.165, 1.54) is 0 Å². The van der Waals surface area contributed by atoms with Gasteiger partial charge in [0.2, 0.25) is 0 Å². The van der Waals surface area contributed by atoms with Gasteiger partial charge in [-0.1, -0.05) is 36.4 Å². The summed E-state index contributed by atoms with van der Waals surface area (Å²) in [5, 5.41) is 9.04. The van der Waals surface area contributed by atoms with Crippen molar-refractivity contribution >= 4 is 0 Å². The monoisotopic (exact) mass is 288 g/mol. The fourth-order valence-electron chi connectivity index (χ4n) is 1.78. The Morgan fingerprint density at radius 2 is 1.67 bits per heavy atom. The van der Waals surface area contributed by atoms with Gasteiger partial charge in [0.25, 0.3) is 0 Å². The van der Waals surface area contributed by atoms with Crippen LogP contribution in [0.5, 0.6) is 11.5 Å². The molecule has 0 unspecified atom stereocenters. The minimum Gasteiger partial charge on any atom is -0.491 e. The van der Waals surface area contributed by atoms with Crippen molar-refractivity contribution in [2.24, 2.45) is 0 Å².